The third-order valence-electron chi connectivity index (χ3n) is 6.35. The van der Waals surface area contributed by atoms with Crippen LogP contribution in [-0.4, -0.2) is 76.2 Å². The summed E-state index contributed by atoms with van der Waals surface area (Å²) < 4.78 is 33.9. The molecule has 0 aromatic heterocycles. The van der Waals surface area contributed by atoms with E-state index in [2.05, 4.69) is 4.90 Å². The molecule has 9 heteroatoms. The molecule has 1 amide bonds. The molecule has 4 rings (SSSR count). The molecule has 7 nitrogen and oxygen atoms in total. The molecular formula is C24H31N3O4S2. The van der Waals surface area contributed by atoms with Crippen molar-refractivity contribution in [2.24, 2.45) is 0 Å². The molecule has 0 bridgehead atoms. The smallest absolute Gasteiger partial charge is 0.255 e. The third-order valence-corrected chi connectivity index (χ3v) is 9.04. The van der Waals surface area contributed by atoms with Crippen LogP contribution in [0.15, 0.2) is 52.3 Å². The zero-order chi connectivity index (χ0) is 23.4. The molecule has 0 radical (unpaired) electrons. The Morgan fingerprint density at radius 3 is 2.30 bits per heavy atom. The second-order valence-electron chi connectivity index (χ2n) is 8.28. The minimum Gasteiger partial charge on any atom is -0.495 e. The Kier molecular flexibility index (Phi) is 7.51. The maximum Gasteiger partial charge on any atom is 0.255 e. The summed E-state index contributed by atoms with van der Waals surface area (Å²) in [5.41, 5.74) is 1.45. The number of nitrogens with zero attached hydrogens (tertiary/aromatic N) is 3. The number of carbonyl (C=O) groups excluding carboxylic acids is 1. The number of piperazine rings is 1. The number of likely N-dealkylation sites (tertiary alicyclic amines) is 1. The van der Waals surface area contributed by atoms with E-state index >= 15 is 0 Å². The molecule has 0 aliphatic carbocycles. The molecule has 2 heterocycles. The van der Waals surface area contributed by atoms with Gasteiger partial charge >= 0.3 is 0 Å². The third kappa shape index (κ3) is 5.00. The van der Waals surface area contributed by atoms with Gasteiger partial charge in [0.05, 0.1) is 23.3 Å². The standard InChI is InChI=1S/C24H31N3O4S2/c1-31-22-9-5-4-8-21(22)25-14-16-27(17-15-25)33(29,30)19-10-11-23(32-2)20(18-19)24(28)26-12-6-3-7-13-26/h4-5,8-11,18H,3,6-7,12-17H2,1-2H3. The van der Waals surface area contributed by atoms with E-state index in [1.165, 1.54) is 16.1 Å². The number of methoxy groups -OCH3 is 1. The number of hydrogen-bond donors (Lipinski definition) is 0. The van der Waals surface area contributed by atoms with Crippen LogP contribution in [0.25, 0.3) is 0 Å². The number of anilines is 1. The quantitative estimate of drug-likeness (QED) is 0.578. The minimum atomic E-state index is -3.70. The normalized spacial score (nSPS) is 17.8. The van der Waals surface area contributed by atoms with Crippen LogP contribution in [0.5, 0.6) is 5.75 Å². The van der Waals surface area contributed by atoms with Crippen LogP contribution in [0.4, 0.5) is 5.69 Å². The Morgan fingerprint density at radius 2 is 1.64 bits per heavy atom. The van der Waals surface area contributed by atoms with Crippen molar-refractivity contribution >= 4 is 33.4 Å². The van der Waals surface area contributed by atoms with Gasteiger partial charge in [0.15, 0.2) is 0 Å². The molecule has 2 aliphatic heterocycles. The molecule has 0 unspecified atom stereocenters. The maximum absolute atomic E-state index is 13.5. The summed E-state index contributed by atoms with van der Waals surface area (Å²) in [6.07, 6.45) is 5.03. The van der Waals surface area contributed by atoms with Gasteiger partial charge in [-0.1, -0.05) is 12.1 Å². The lowest BCUT2D eigenvalue weighted by Crippen LogP contribution is -2.48. The summed E-state index contributed by atoms with van der Waals surface area (Å²) in [4.78, 5) is 18.2. The zero-order valence-electron chi connectivity index (χ0n) is 19.2. The monoisotopic (exact) mass is 489 g/mol. The number of sulfonamides is 1. The summed E-state index contributed by atoms with van der Waals surface area (Å²) in [6.45, 7) is 3.35. The van der Waals surface area contributed by atoms with Gasteiger partial charge in [-0.2, -0.15) is 4.31 Å². The number of para-hydroxylation sites is 2. The Labute approximate surface area is 200 Å². The summed E-state index contributed by atoms with van der Waals surface area (Å²) in [6, 6.07) is 12.7. The number of piperidine rings is 1. The fraction of sp³-hybridized carbons (Fsp3) is 0.458. The van der Waals surface area contributed by atoms with Crippen LogP contribution in [0.2, 0.25) is 0 Å². The minimum absolute atomic E-state index is 0.0721. The molecule has 2 saturated heterocycles. The van der Waals surface area contributed by atoms with Gasteiger partial charge in [-0.05, 0) is 55.9 Å². The fourth-order valence-electron chi connectivity index (χ4n) is 4.49. The number of hydrogen-bond acceptors (Lipinski definition) is 6. The van der Waals surface area contributed by atoms with Gasteiger partial charge in [-0.25, -0.2) is 8.42 Å². The topological polar surface area (TPSA) is 70.2 Å². The maximum atomic E-state index is 13.5. The number of thioether (sulfide) groups is 1. The average molecular weight is 490 g/mol. The lowest BCUT2D eigenvalue weighted by atomic mass is 10.1. The lowest BCUT2D eigenvalue weighted by Gasteiger charge is -2.36. The Morgan fingerprint density at radius 1 is 0.939 bits per heavy atom. The number of carbonyl (C=O) groups is 1. The molecule has 0 spiro atoms. The van der Waals surface area contributed by atoms with Crippen LogP contribution >= 0.6 is 11.8 Å². The number of benzene rings is 2. The van der Waals surface area contributed by atoms with Crippen molar-refractivity contribution in [3.8, 4) is 5.75 Å². The van der Waals surface area contributed by atoms with Crippen molar-refractivity contribution < 1.29 is 17.9 Å². The molecule has 33 heavy (non-hydrogen) atoms. The Hall–Kier alpha value is -2.23. The second kappa shape index (κ2) is 10.4. The number of rotatable bonds is 6. The first-order chi connectivity index (χ1) is 16.0. The highest BCUT2D eigenvalue weighted by atomic mass is 32.2. The molecule has 0 N–H and O–H groups in total. The first-order valence-corrected chi connectivity index (χ1v) is 14.0. The predicted octanol–water partition coefficient (Wildman–Crippen LogP) is 3.55. The van der Waals surface area contributed by atoms with E-state index in [-0.39, 0.29) is 10.8 Å². The van der Waals surface area contributed by atoms with Crippen LogP contribution in [0.1, 0.15) is 29.6 Å². The number of amides is 1. The fourth-order valence-corrected chi connectivity index (χ4v) is 6.51. The Balaban J connectivity index is 1.53. The van der Waals surface area contributed by atoms with Gasteiger partial charge in [0.25, 0.3) is 5.91 Å². The van der Waals surface area contributed by atoms with Crippen LogP contribution in [-0.2, 0) is 10.0 Å². The molecule has 2 fully saturated rings. The predicted molar refractivity (Wildman–Crippen MR) is 132 cm³/mol. The van der Waals surface area contributed by atoms with Crippen molar-refractivity contribution in [3.05, 3.63) is 48.0 Å². The van der Waals surface area contributed by atoms with Gasteiger partial charge in [-0.3, -0.25) is 4.79 Å². The first-order valence-electron chi connectivity index (χ1n) is 11.3. The molecular weight excluding hydrogens is 458 g/mol. The van der Waals surface area contributed by atoms with E-state index in [1.54, 1.807) is 25.3 Å². The van der Waals surface area contributed by atoms with Gasteiger partial charge in [0.2, 0.25) is 10.0 Å². The second-order valence-corrected chi connectivity index (χ2v) is 11.1. The van der Waals surface area contributed by atoms with Crippen molar-refractivity contribution in [1.29, 1.82) is 0 Å². The van der Waals surface area contributed by atoms with Crippen molar-refractivity contribution in [1.82, 2.24) is 9.21 Å². The van der Waals surface area contributed by atoms with E-state index in [0.717, 1.165) is 48.7 Å². The lowest BCUT2D eigenvalue weighted by molar-refractivity contribution is 0.0720. The molecule has 2 aromatic carbocycles. The molecule has 178 valence electrons. The highest BCUT2D eigenvalue weighted by Crippen LogP contribution is 2.31. The number of ether oxygens (including phenoxy) is 1. The van der Waals surface area contributed by atoms with Crippen molar-refractivity contribution in [2.75, 3.05) is 57.5 Å². The van der Waals surface area contributed by atoms with Crippen LogP contribution in [0.3, 0.4) is 0 Å². The van der Waals surface area contributed by atoms with Crippen molar-refractivity contribution in [2.45, 2.75) is 29.1 Å². The summed E-state index contributed by atoms with van der Waals surface area (Å²) in [5.74, 6) is 0.708. The van der Waals surface area contributed by atoms with Gasteiger partial charge in [0, 0.05) is 44.2 Å². The van der Waals surface area contributed by atoms with E-state index < -0.39 is 10.0 Å². The SMILES string of the molecule is COc1ccccc1N1CCN(S(=O)(=O)c2ccc(SC)c(C(=O)N3CCCCC3)c2)CC1. The van der Waals surface area contributed by atoms with Crippen molar-refractivity contribution in [3.63, 3.8) is 0 Å². The zero-order valence-corrected chi connectivity index (χ0v) is 20.8. The van der Waals surface area contributed by atoms with Crippen LogP contribution in [0, 0.1) is 0 Å². The van der Waals surface area contributed by atoms with E-state index in [9.17, 15) is 13.2 Å². The highest BCUT2D eigenvalue weighted by Gasteiger charge is 2.31. The van der Waals surface area contributed by atoms with E-state index in [4.69, 9.17) is 4.74 Å². The van der Waals surface area contributed by atoms with E-state index in [1.807, 2.05) is 35.4 Å². The molecule has 0 saturated carbocycles. The summed E-state index contributed by atoms with van der Waals surface area (Å²) in [5, 5.41) is 0. The van der Waals surface area contributed by atoms with Gasteiger partial charge in [-0.15, -0.1) is 11.8 Å². The average Bonchev–Trinajstić information content (AvgIpc) is 2.88. The van der Waals surface area contributed by atoms with Gasteiger partial charge < -0.3 is 14.5 Å². The largest absolute Gasteiger partial charge is 0.495 e. The molecule has 0 atom stereocenters. The van der Waals surface area contributed by atoms with E-state index in [0.29, 0.717) is 31.7 Å². The molecule has 2 aliphatic rings. The van der Waals surface area contributed by atoms with Gasteiger partial charge in [0.1, 0.15) is 5.75 Å². The summed E-state index contributed by atoms with van der Waals surface area (Å²) >= 11 is 1.47. The summed E-state index contributed by atoms with van der Waals surface area (Å²) in [7, 11) is -2.06. The first kappa shape index (κ1) is 23.9. The van der Waals surface area contributed by atoms with Crippen LogP contribution < -0.4 is 9.64 Å². The molecule has 2 aromatic rings. The highest BCUT2D eigenvalue weighted by molar-refractivity contribution is 7.98. The Bertz CT molecular complexity index is 1090.